The first kappa shape index (κ1) is 16.4. The molecule has 124 valence electrons. The van der Waals surface area contributed by atoms with E-state index in [0.717, 1.165) is 11.4 Å². The van der Waals surface area contributed by atoms with Crippen molar-refractivity contribution in [2.75, 3.05) is 18.8 Å². The van der Waals surface area contributed by atoms with Crippen molar-refractivity contribution in [3.8, 4) is 11.4 Å². The van der Waals surface area contributed by atoms with Crippen LogP contribution in [0.1, 0.15) is 13.8 Å². The number of thioether (sulfide) groups is 1. The van der Waals surface area contributed by atoms with Gasteiger partial charge < -0.3 is 4.90 Å². The number of carbonyl (C=O) groups is 1. The molecule has 3 heterocycles. The second kappa shape index (κ2) is 7.39. The molecule has 0 fully saturated rings. The summed E-state index contributed by atoms with van der Waals surface area (Å²) >= 11 is 1.34. The maximum atomic E-state index is 12.1. The molecule has 0 spiro atoms. The largest absolute Gasteiger partial charge is 0.343 e. The van der Waals surface area contributed by atoms with Gasteiger partial charge in [-0.25, -0.2) is 0 Å². The van der Waals surface area contributed by atoms with Gasteiger partial charge in [0.25, 0.3) is 0 Å². The second-order valence-electron chi connectivity index (χ2n) is 5.04. The Bertz CT molecular complexity index is 831. The molecular weight excluding hydrogens is 324 g/mol. The lowest BCUT2D eigenvalue weighted by Gasteiger charge is -2.17. The minimum absolute atomic E-state index is 0.0858. The van der Waals surface area contributed by atoms with Crippen LogP contribution in [0, 0.1) is 0 Å². The van der Waals surface area contributed by atoms with Gasteiger partial charge in [-0.05, 0) is 38.1 Å². The predicted octanol–water partition coefficient (Wildman–Crippen LogP) is 2.15. The van der Waals surface area contributed by atoms with Crippen molar-refractivity contribution in [2.45, 2.75) is 19.0 Å². The zero-order valence-corrected chi connectivity index (χ0v) is 14.4. The van der Waals surface area contributed by atoms with E-state index in [4.69, 9.17) is 0 Å². The highest BCUT2D eigenvalue weighted by atomic mass is 32.2. The molecule has 3 rings (SSSR count). The summed E-state index contributed by atoms with van der Waals surface area (Å²) in [5.41, 5.74) is 2.16. The first-order chi connectivity index (χ1) is 11.7. The quantitative estimate of drug-likeness (QED) is 0.639. The Kier molecular flexibility index (Phi) is 5.05. The second-order valence-corrected chi connectivity index (χ2v) is 5.98. The van der Waals surface area contributed by atoms with Crippen LogP contribution in [0.25, 0.3) is 17.0 Å². The van der Waals surface area contributed by atoms with E-state index in [1.54, 1.807) is 15.6 Å². The third-order valence-electron chi connectivity index (χ3n) is 3.60. The number of rotatable bonds is 6. The number of fused-ring (bicyclic) bond motifs is 1. The van der Waals surface area contributed by atoms with Crippen molar-refractivity contribution < 1.29 is 4.79 Å². The number of aromatic nitrogens is 5. The van der Waals surface area contributed by atoms with Gasteiger partial charge in [0.05, 0.1) is 11.4 Å². The van der Waals surface area contributed by atoms with Gasteiger partial charge in [0.15, 0.2) is 5.65 Å². The number of nitrogens with zero attached hydrogens (tertiary/aromatic N) is 6. The van der Waals surface area contributed by atoms with Gasteiger partial charge in [-0.2, -0.15) is 9.61 Å². The van der Waals surface area contributed by atoms with Crippen molar-refractivity contribution >= 4 is 23.3 Å². The molecule has 24 heavy (non-hydrogen) atoms. The molecule has 0 bridgehead atoms. The van der Waals surface area contributed by atoms with E-state index in [1.807, 2.05) is 44.2 Å². The van der Waals surface area contributed by atoms with E-state index in [9.17, 15) is 4.79 Å². The average Bonchev–Trinajstić information content (AvgIpc) is 3.04. The molecule has 0 aliphatic carbocycles. The SMILES string of the molecule is CCN(CC)C(=O)CSc1nnc2ccc(-c3ccccn3)nn12. The lowest BCUT2D eigenvalue weighted by molar-refractivity contribution is -0.127. The highest BCUT2D eigenvalue weighted by Crippen LogP contribution is 2.19. The summed E-state index contributed by atoms with van der Waals surface area (Å²) < 4.78 is 1.66. The molecule has 3 aromatic heterocycles. The summed E-state index contributed by atoms with van der Waals surface area (Å²) in [5, 5.41) is 13.4. The molecule has 7 nitrogen and oxygen atoms in total. The molecule has 0 atom stereocenters. The number of amides is 1. The Morgan fingerprint density at radius 2 is 1.96 bits per heavy atom. The molecule has 0 radical (unpaired) electrons. The highest BCUT2D eigenvalue weighted by molar-refractivity contribution is 7.99. The van der Waals surface area contributed by atoms with Gasteiger partial charge in [-0.3, -0.25) is 9.78 Å². The number of hydrogen-bond donors (Lipinski definition) is 0. The Hall–Kier alpha value is -2.48. The van der Waals surface area contributed by atoms with Crippen LogP contribution in [0.2, 0.25) is 0 Å². The molecule has 1 amide bonds. The fourth-order valence-electron chi connectivity index (χ4n) is 2.30. The van der Waals surface area contributed by atoms with E-state index < -0.39 is 0 Å². The molecule has 0 saturated carbocycles. The van der Waals surface area contributed by atoms with Crippen LogP contribution in [-0.4, -0.2) is 54.4 Å². The van der Waals surface area contributed by atoms with Gasteiger partial charge in [0, 0.05) is 19.3 Å². The van der Waals surface area contributed by atoms with Crippen molar-refractivity contribution in [1.29, 1.82) is 0 Å². The minimum Gasteiger partial charge on any atom is -0.343 e. The molecule has 0 aliphatic heterocycles. The van der Waals surface area contributed by atoms with Gasteiger partial charge in [0.2, 0.25) is 11.1 Å². The summed E-state index contributed by atoms with van der Waals surface area (Å²) in [6.07, 6.45) is 1.73. The maximum Gasteiger partial charge on any atom is 0.233 e. The normalized spacial score (nSPS) is 10.9. The van der Waals surface area contributed by atoms with Gasteiger partial charge in [-0.15, -0.1) is 10.2 Å². The molecule has 0 aliphatic rings. The third-order valence-corrected chi connectivity index (χ3v) is 4.51. The highest BCUT2D eigenvalue weighted by Gasteiger charge is 2.14. The number of pyridine rings is 1. The van der Waals surface area contributed by atoms with Crippen molar-refractivity contribution in [1.82, 2.24) is 29.7 Å². The van der Waals surface area contributed by atoms with E-state index in [1.165, 1.54) is 11.8 Å². The average molecular weight is 342 g/mol. The summed E-state index contributed by atoms with van der Waals surface area (Å²) in [6, 6.07) is 9.39. The first-order valence-corrected chi connectivity index (χ1v) is 8.76. The van der Waals surface area contributed by atoms with Crippen LogP contribution in [0.5, 0.6) is 0 Å². The zero-order valence-electron chi connectivity index (χ0n) is 13.6. The van der Waals surface area contributed by atoms with E-state index in [0.29, 0.717) is 29.6 Å². The molecule has 0 aromatic carbocycles. The Morgan fingerprint density at radius 3 is 2.67 bits per heavy atom. The molecule has 0 saturated heterocycles. The van der Waals surface area contributed by atoms with Crippen molar-refractivity contribution in [3.05, 3.63) is 36.5 Å². The van der Waals surface area contributed by atoms with E-state index >= 15 is 0 Å². The smallest absolute Gasteiger partial charge is 0.233 e. The minimum atomic E-state index is 0.0858. The Balaban J connectivity index is 1.83. The van der Waals surface area contributed by atoms with E-state index in [-0.39, 0.29) is 5.91 Å². The first-order valence-electron chi connectivity index (χ1n) is 7.77. The predicted molar refractivity (Wildman–Crippen MR) is 92.7 cm³/mol. The summed E-state index contributed by atoms with van der Waals surface area (Å²) in [6.45, 7) is 5.36. The molecule has 3 aromatic rings. The number of hydrogen-bond acceptors (Lipinski definition) is 6. The van der Waals surface area contributed by atoms with Crippen LogP contribution in [-0.2, 0) is 4.79 Å². The maximum absolute atomic E-state index is 12.1. The summed E-state index contributed by atoms with van der Waals surface area (Å²) in [4.78, 5) is 18.2. The standard InChI is InChI=1S/C16H18N6OS/c1-3-21(4-2)15(23)11-24-16-19-18-14-9-8-13(20-22(14)16)12-7-5-6-10-17-12/h5-10H,3-4,11H2,1-2H3. The molecule has 0 N–H and O–H groups in total. The zero-order chi connectivity index (χ0) is 16.9. The van der Waals surface area contributed by atoms with Crippen LogP contribution in [0.3, 0.4) is 0 Å². The third kappa shape index (κ3) is 3.38. The molecule has 8 heteroatoms. The van der Waals surface area contributed by atoms with Crippen LogP contribution < -0.4 is 0 Å². The fraction of sp³-hybridized carbons (Fsp3) is 0.312. The monoisotopic (exact) mass is 342 g/mol. The topological polar surface area (TPSA) is 76.3 Å². The van der Waals surface area contributed by atoms with Crippen LogP contribution in [0.4, 0.5) is 0 Å². The lowest BCUT2D eigenvalue weighted by atomic mass is 10.2. The van der Waals surface area contributed by atoms with Crippen LogP contribution >= 0.6 is 11.8 Å². The summed E-state index contributed by atoms with van der Waals surface area (Å²) in [5.74, 6) is 0.403. The van der Waals surface area contributed by atoms with Crippen molar-refractivity contribution in [2.24, 2.45) is 0 Å². The van der Waals surface area contributed by atoms with Crippen LogP contribution in [0.15, 0.2) is 41.7 Å². The molecular formula is C16H18N6OS. The van der Waals surface area contributed by atoms with Crippen molar-refractivity contribution in [3.63, 3.8) is 0 Å². The van der Waals surface area contributed by atoms with Gasteiger partial charge in [-0.1, -0.05) is 17.8 Å². The van der Waals surface area contributed by atoms with Gasteiger partial charge >= 0.3 is 0 Å². The van der Waals surface area contributed by atoms with E-state index in [2.05, 4.69) is 20.3 Å². The number of carbonyl (C=O) groups excluding carboxylic acids is 1. The van der Waals surface area contributed by atoms with Gasteiger partial charge in [0.1, 0.15) is 5.69 Å². The Labute approximate surface area is 144 Å². The molecule has 0 unspecified atom stereocenters. The summed E-state index contributed by atoms with van der Waals surface area (Å²) in [7, 11) is 0. The Morgan fingerprint density at radius 1 is 1.12 bits per heavy atom. The lowest BCUT2D eigenvalue weighted by Crippen LogP contribution is -2.31. The fourth-order valence-corrected chi connectivity index (χ4v) is 3.09.